The van der Waals surface area contributed by atoms with Crippen molar-refractivity contribution < 1.29 is 0 Å². The van der Waals surface area contributed by atoms with E-state index in [4.69, 9.17) is 23.8 Å². The van der Waals surface area contributed by atoms with E-state index in [-0.39, 0.29) is 0 Å². The first-order valence-corrected chi connectivity index (χ1v) is 8.01. The van der Waals surface area contributed by atoms with Crippen LogP contribution < -0.4 is 5.32 Å². The third-order valence-corrected chi connectivity index (χ3v) is 4.50. The monoisotopic (exact) mass is 344 g/mol. The molecule has 2 aromatic carbocycles. The Morgan fingerprint density at radius 2 is 2.00 bits per heavy atom. The van der Waals surface area contributed by atoms with Crippen molar-refractivity contribution in [2.24, 2.45) is 7.05 Å². The third kappa shape index (κ3) is 3.30. The van der Waals surface area contributed by atoms with Gasteiger partial charge in [0.05, 0.1) is 23.5 Å². The summed E-state index contributed by atoms with van der Waals surface area (Å²) in [5, 5.41) is 11.1. The molecule has 1 N–H and O–H groups in total. The molecule has 1 heterocycles. The maximum absolute atomic E-state index is 6.16. The van der Waals surface area contributed by atoms with Gasteiger partial charge in [0.25, 0.3) is 0 Å². The molecule has 1 aromatic heterocycles. The number of halogens is 1. The number of rotatable bonds is 3. The minimum Gasteiger partial charge on any atom is -0.346 e. The van der Waals surface area contributed by atoms with Crippen LogP contribution in [0.4, 0.5) is 5.69 Å². The zero-order chi connectivity index (χ0) is 16.4. The van der Waals surface area contributed by atoms with Crippen LogP contribution in [0, 0.1) is 0 Å². The molecule has 4 nitrogen and oxygen atoms in total. The number of nitrogens with one attached hydrogen (secondary N) is 1. The van der Waals surface area contributed by atoms with E-state index < -0.39 is 0 Å². The van der Waals surface area contributed by atoms with Crippen LogP contribution in [0.25, 0.3) is 10.8 Å². The summed E-state index contributed by atoms with van der Waals surface area (Å²) >= 11 is 11.7. The lowest BCUT2D eigenvalue weighted by Crippen LogP contribution is -2.31. The van der Waals surface area contributed by atoms with Crippen LogP contribution in [-0.2, 0) is 13.6 Å². The molecule has 0 unspecified atom stereocenters. The maximum atomic E-state index is 6.16. The second-order valence-electron chi connectivity index (χ2n) is 5.38. The molecule has 0 spiro atoms. The number of aryl methyl sites for hydroxylation is 1. The van der Waals surface area contributed by atoms with E-state index in [0.717, 1.165) is 16.8 Å². The van der Waals surface area contributed by atoms with Crippen molar-refractivity contribution in [2.45, 2.75) is 6.54 Å². The van der Waals surface area contributed by atoms with Crippen LogP contribution in [0.1, 0.15) is 5.69 Å². The fraction of sp³-hybridized carbons (Fsp3) is 0.176. The SMILES string of the molecule is CN(Cc1c(Cl)cnn1C)C(=S)Nc1cccc2ccccc12. The average molecular weight is 345 g/mol. The summed E-state index contributed by atoms with van der Waals surface area (Å²) in [7, 11) is 3.81. The Hall–Kier alpha value is -2.11. The van der Waals surface area contributed by atoms with Crippen molar-refractivity contribution >= 4 is 45.4 Å². The van der Waals surface area contributed by atoms with Crippen molar-refractivity contribution in [3.63, 3.8) is 0 Å². The molecule has 6 heteroatoms. The van der Waals surface area contributed by atoms with E-state index in [0.29, 0.717) is 16.7 Å². The van der Waals surface area contributed by atoms with E-state index in [1.807, 2.05) is 43.3 Å². The molecule has 0 radical (unpaired) electrons. The highest BCUT2D eigenvalue weighted by Crippen LogP contribution is 2.23. The number of fused-ring (bicyclic) bond motifs is 1. The van der Waals surface area contributed by atoms with E-state index in [1.54, 1.807) is 10.9 Å². The van der Waals surface area contributed by atoms with Crippen LogP contribution in [0.5, 0.6) is 0 Å². The summed E-state index contributed by atoms with van der Waals surface area (Å²) < 4.78 is 1.76. The summed E-state index contributed by atoms with van der Waals surface area (Å²) in [6.45, 7) is 0.589. The van der Waals surface area contributed by atoms with E-state index >= 15 is 0 Å². The molecule has 0 aliphatic heterocycles. The van der Waals surface area contributed by atoms with Gasteiger partial charge in [-0.2, -0.15) is 5.10 Å². The predicted octanol–water partition coefficient (Wildman–Crippen LogP) is 4.06. The summed E-state index contributed by atoms with van der Waals surface area (Å²) in [4.78, 5) is 1.94. The highest BCUT2D eigenvalue weighted by Gasteiger charge is 2.12. The van der Waals surface area contributed by atoms with Gasteiger partial charge in [0.1, 0.15) is 0 Å². The number of hydrogen-bond acceptors (Lipinski definition) is 2. The largest absolute Gasteiger partial charge is 0.346 e. The first-order chi connectivity index (χ1) is 11.1. The Balaban J connectivity index is 1.78. The lowest BCUT2D eigenvalue weighted by molar-refractivity contribution is 0.482. The second-order valence-corrected chi connectivity index (χ2v) is 6.17. The standard InChI is InChI=1S/C17H17ClN4S/c1-21(11-16-14(18)10-19-22(16)2)17(23)20-15-9-5-7-12-6-3-4-8-13(12)15/h3-10H,11H2,1-2H3,(H,20,23). The topological polar surface area (TPSA) is 33.1 Å². The van der Waals surface area contributed by atoms with Gasteiger partial charge < -0.3 is 10.2 Å². The average Bonchev–Trinajstić information content (AvgIpc) is 2.87. The van der Waals surface area contributed by atoms with Gasteiger partial charge in [-0.3, -0.25) is 4.68 Å². The van der Waals surface area contributed by atoms with Crippen LogP contribution in [0.2, 0.25) is 5.02 Å². The molecule has 0 saturated heterocycles. The Kier molecular flexibility index (Phi) is 4.50. The molecule has 0 amide bonds. The molecule has 0 fully saturated rings. The predicted molar refractivity (Wildman–Crippen MR) is 99.9 cm³/mol. The van der Waals surface area contributed by atoms with E-state index in [1.165, 1.54) is 5.39 Å². The lowest BCUT2D eigenvalue weighted by Gasteiger charge is -2.22. The fourth-order valence-corrected chi connectivity index (χ4v) is 2.86. The summed E-state index contributed by atoms with van der Waals surface area (Å²) in [6, 6.07) is 14.4. The smallest absolute Gasteiger partial charge is 0.173 e. The third-order valence-electron chi connectivity index (χ3n) is 3.78. The summed E-state index contributed by atoms with van der Waals surface area (Å²) in [5.74, 6) is 0. The molecule has 3 aromatic rings. The first-order valence-electron chi connectivity index (χ1n) is 7.22. The van der Waals surface area contributed by atoms with Crippen molar-refractivity contribution in [1.29, 1.82) is 0 Å². The quantitative estimate of drug-likeness (QED) is 0.726. The van der Waals surface area contributed by atoms with Crippen molar-refractivity contribution in [3.05, 3.63) is 59.4 Å². The highest BCUT2D eigenvalue weighted by atomic mass is 35.5. The normalized spacial score (nSPS) is 10.7. The van der Waals surface area contributed by atoms with Crippen LogP contribution in [-0.4, -0.2) is 26.8 Å². The van der Waals surface area contributed by atoms with Crippen molar-refractivity contribution in [3.8, 4) is 0 Å². The van der Waals surface area contributed by atoms with Gasteiger partial charge in [0, 0.05) is 25.2 Å². The van der Waals surface area contributed by atoms with Gasteiger partial charge in [0.2, 0.25) is 0 Å². The number of nitrogens with zero attached hydrogens (tertiary/aromatic N) is 3. The zero-order valence-corrected chi connectivity index (χ0v) is 14.5. The maximum Gasteiger partial charge on any atom is 0.173 e. The summed E-state index contributed by atoms with van der Waals surface area (Å²) in [5.41, 5.74) is 1.92. The van der Waals surface area contributed by atoms with Gasteiger partial charge in [0.15, 0.2) is 5.11 Å². The van der Waals surface area contributed by atoms with Gasteiger partial charge in [-0.15, -0.1) is 0 Å². The van der Waals surface area contributed by atoms with Crippen LogP contribution >= 0.6 is 23.8 Å². The van der Waals surface area contributed by atoms with Gasteiger partial charge >= 0.3 is 0 Å². The second kappa shape index (κ2) is 6.56. The molecule has 0 aliphatic carbocycles. The minimum atomic E-state index is 0.589. The molecule has 3 rings (SSSR count). The Bertz CT molecular complexity index is 834. The zero-order valence-electron chi connectivity index (χ0n) is 13.0. The lowest BCUT2D eigenvalue weighted by atomic mass is 10.1. The van der Waals surface area contributed by atoms with Crippen LogP contribution in [0.15, 0.2) is 48.7 Å². The Morgan fingerprint density at radius 1 is 1.26 bits per heavy atom. The molecule has 0 bridgehead atoms. The number of aromatic nitrogens is 2. The first kappa shape index (κ1) is 15.8. The summed E-state index contributed by atoms with van der Waals surface area (Å²) in [6.07, 6.45) is 1.64. The van der Waals surface area contributed by atoms with E-state index in [2.05, 4.69) is 28.6 Å². The molecule has 0 atom stereocenters. The number of benzene rings is 2. The van der Waals surface area contributed by atoms with Crippen molar-refractivity contribution in [2.75, 3.05) is 12.4 Å². The fourth-order valence-electron chi connectivity index (χ4n) is 2.46. The minimum absolute atomic E-state index is 0.589. The van der Waals surface area contributed by atoms with Gasteiger partial charge in [-0.05, 0) is 23.7 Å². The van der Waals surface area contributed by atoms with Gasteiger partial charge in [-0.1, -0.05) is 48.0 Å². The van der Waals surface area contributed by atoms with E-state index in [9.17, 15) is 0 Å². The molecule has 0 saturated carbocycles. The number of thiocarbonyl (C=S) groups is 1. The number of anilines is 1. The number of hydrogen-bond donors (Lipinski definition) is 1. The molecule has 23 heavy (non-hydrogen) atoms. The Morgan fingerprint density at radius 3 is 2.74 bits per heavy atom. The highest BCUT2D eigenvalue weighted by molar-refractivity contribution is 7.80. The van der Waals surface area contributed by atoms with Gasteiger partial charge in [-0.25, -0.2) is 0 Å². The van der Waals surface area contributed by atoms with Crippen molar-refractivity contribution in [1.82, 2.24) is 14.7 Å². The molecular formula is C17H17ClN4S. The molecule has 0 aliphatic rings. The molecule has 118 valence electrons. The molecular weight excluding hydrogens is 328 g/mol. The van der Waals surface area contributed by atoms with Crippen LogP contribution in [0.3, 0.4) is 0 Å². The Labute approximate surface area is 145 Å².